The van der Waals surface area contributed by atoms with Crippen LogP contribution in [0.5, 0.6) is 0 Å². The number of aliphatic carboxylic acids is 1. The van der Waals surface area contributed by atoms with Crippen molar-refractivity contribution in [2.24, 2.45) is 0 Å². The van der Waals surface area contributed by atoms with Gasteiger partial charge in [0.05, 0.1) is 6.26 Å². The summed E-state index contributed by atoms with van der Waals surface area (Å²) in [5.41, 5.74) is 0.902. The molecule has 0 aliphatic carbocycles. The molecule has 0 fully saturated rings. The van der Waals surface area contributed by atoms with Crippen LogP contribution in [0, 0.1) is 0 Å². The largest absolute Gasteiger partial charge is 0.479 e. The average molecular weight is 210 g/mol. The fourth-order valence-electron chi connectivity index (χ4n) is 1.24. The first kappa shape index (κ1) is 11.5. The predicted molar refractivity (Wildman–Crippen MR) is 55.4 cm³/mol. The zero-order valence-electron chi connectivity index (χ0n) is 8.77. The highest BCUT2D eigenvalue weighted by Gasteiger charge is 2.16. The molecule has 0 bridgehead atoms. The van der Waals surface area contributed by atoms with Gasteiger partial charge in [-0.15, -0.1) is 0 Å². The number of carboxylic acids is 1. The van der Waals surface area contributed by atoms with Gasteiger partial charge in [-0.2, -0.15) is 0 Å². The van der Waals surface area contributed by atoms with Crippen molar-refractivity contribution in [1.29, 1.82) is 0 Å². The highest BCUT2D eigenvalue weighted by atomic mass is 16.5. The van der Waals surface area contributed by atoms with Gasteiger partial charge < -0.3 is 14.3 Å². The highest BCUT2D eigenvalue weighted by Crippen LogP contribution is 2.13. The number of methoxy groups -OCH3 is 1. The van der Waals surface area contributed by atoms with E-state index in [-0.39, 0.29) is 0 Å². The minimum atomic E-state index is -0.954. The van der Waals surface area contributed by atoms with Crippen LogP contribution in [0.1, 0.15) is 19.1 Å². The predicted octanol–water partition coefficient (Wildman–Crippen LogP) is 2.17. The number of carboxylic acid groups (broad SMARTS) is 1. The monoisotopic (exact) mass is 210 g/mol. The molecule has 0 spiro atoms. The lowest BCUT2D eigenvalue weighted by molar-refractivity contribution is -0.148. The molecule has 1 aromatic heterocycles. The number of hydrogen-bond acceptors (Lipinski definition) is 3. The second kappa shape index (κ2) is 5.36. The first-order valence-corrected chi connectivity index (χ1v) is 4.59. The van der Waals surface area contributed by atoms with E-state index in [9.17, 15) is 4.79 Å². The normalized spacial score (nSPS) is 13.9. The number of furan rings is 1. The zero-order chi connectivity index (χ0) is 11.3. The van der Waals surface area contributed by atoms with E-state index in [2.05, 4.69) is 0 Å². The molecule has 82 valence electrons. The van der Waals surface area contributed by atoms with Gasteiger partial charge in [-0.1, -0.05) is 5.57 Å². The molecule has 15 heavy (non-hydrogen) atoms. The fourth-order valence-corrected chi connectivity index (χ4v) is 1.24. The van der Waals surface area contributed by atoms with Gasteiger partial charge in [0.25, 0.3) is 0 Å². The van der Waals surface area contributed by atoms with Crippen LogP contribution in [-0.4, -0.2) is 24.3 Å². The van der Waals surface area contributed by atoms with Crippen molar-refractivity contribution in [2.45, 2.75) is 19.4 Å². The molecule has 4 heteroatoms. The molecule has 1 heterocycles. The van der Waals surface area contributed by atoms with Crippen molar-refractivity contribution in [2.75, 3.05) is 7.11 Å². The topological polar surface area (TPSA) is 59.7 Å². The van der Waals surface area contributed by atoms with Gasteiger partial charge >= 0.3 is 5.97 Å². The summed E-state index contributed by atoms with van der Waals surface area (Å²) in [5, 5.41) is 8.77. The van der Waals surface area contributed by atoms with Gasteiger partial charge in [0.2, 0.25) is 0 Å². The Bertz CT molecular complexity index is 337. The van der Waals surface area contributed by atoms with E-state index in [0.29, 0.717) is 12.2 Å². The lowest BCUT2D eigenvalue weighted by atomic mass is 10.1. The van der Waals surface area contributed by atoms with Gasteiger partial charge in [0.1, 0.15) is 5.76 Å². The summed E-state index contributed by atoms with van der Waals surface area (Å²) in [7, 11) is 1.39. The van der Waals surface area contributed by atoms with Crippen LogP contribution in [0.4, 0.5) is 0 Å². The first-order chi connectivity index (χ1) is 7.13. The Hall–Kier alpha value is -1.55. The smallest absolute Gasteiger partial charge is 0.333 e. The van der Waals surface area contributed by atoms with E-state index in [0.717, 1.165) is 5.57 Å². The number of ether oxygens (including phenoxy) is 1. The molecule has 4 nitrogen and oxygen atoms in total. The standard InChI is InChI=1S/C11H14O4/c1-8(6-9-4-3-5-15-9)7-10(14-2)11(12)13/h3-6,10H,7H2,1-2H3,(H,12,13)/b8-6+. The van der Waals surface area contributed by atoms with Crippen LogP contribution in [0.25, 0.3) is 6.08 Å². The third kappa shape index (κ3) is 3.59. The average Bonchev–Trinajstić information content (AvgIpc) is 2.66. The number of hydrogen-bond donors (Lipinski definition) is 1. The van der Waals surface area contributed by atoms with Crippen LogP contribution in [0.2, 0.25) is 0 Å². The SMILES string of the molecule is COC(C/C(C)=C/c1ccco1)C(=O)O. The minimum Gasteiger partial charge on any atom is -0.479 e. The minimum absolute atomic E-state index is 0.354. The zero-order valence-corrected chi connectivity index (χ0v) is 8.77. The number of carbonyl (C=O) groups is 1. The molecule has 0 aliphatic heterocycles. The molecule has 0 aliphatic rings. The Morgan fingerprint density at radius 3 is 2.93 bits per heavy atom. The van der Waals surface area contributed by atoms with Crippen molar-refractivity contribution in [3.63, 3.8) is 0 Å². The third-order valence-corrected chi connectivity index (χ3v) is 2.00. The van der Waals surface area contributed by atoms with Crippen LogP contribution in [0.3, 0.4) is 0 Å². The lowest BCUT2D eigenvalue weighted by Crippen LogP contribution is -2.22. The third-order valence-electron chi connectivity index (χ3n) is 2.00. The van der Waals surface area contributed by atoms with Crippen molar-refractivity contribution >= 4 is 12.0 Å². The molecule has 1 rings (SSSR count). The van der Waals surface area contributed by atoms with Gasteiger partial charge in [-0.25, -0.2) is 4.79 Å². The molecule has 0 aromatic carbocycles. The summed E-state index contributed by atoms with van der Waals surface area (Å²) < 4.78 is 9.95. The summed E-state index contributed by atoms with van der Waals surface area (Å²) in [5.74, 6) is -0.238. The van der Waals surface area contributed by atoms with E-state index >= 15 is 0 Å². The maximum Gasteiger partial charge on any atom is 0.333 e. The fraction of sp³-hybridized carbons (Fsp3) is 0.364. The molecule has 1 aromatic rings. The summed E-state index contributed by atoms with van der Waals surface area (Å²) >= 11 is 0. The van der Waals surface area contributed by atoms with Gasteiger partial charge in [0, 0.05) is 13.5 Å². The summed E-state index contributed by atoms with van der Waals surface area (Å²) in [4.78, 5) is 10.7. The van der Waals surface area contributed by atoms with Gasteiger partial charge in [-0.05, 0) is 25.1 Å². The van der Waals surface area contributed by atoms with Crippen molar-refractivity contribution in [1.82, 2.24) is 0 Å². The second-order valence-corrected chi connectivity index (χ2v) is 3.27. The van der Waals surface area contributed by atoms with E-state index < -0.39 is 12.1 Å². The Morgan fingerprint density at radius 1 is 1.73 bits per heavy atom. The second-order valence-electron chi connectivity index (χ2n) is 3.27. The van der Waals surface area contributed by atoms with Gasteiger partial charge in [0.15, 0.2) is 6.10 Å². The van der Waals surface area contributed by atoms with Crippen LogP contribution < -0.4 is 0 Å². The van der Waals surface area contributed by atoms with Crippen LogP contribution in [-0.2, 0) is 9.53 Å². The highest BCUT2D eigenvalue weighted by molar-refractivity contribution is 5.73. The Morgan fingerprint density at radius 2 is 2.47 bits per heavy atom. The molecule has 1 N–H and O–H groups in total. The molecule has 1 unspecified atom stereocenters. The molecule has 0 radical (unpaired) electrons. The molecule has 0 saturated carbocycles. The van der Waals surface area contributed by atoms with Crippen LogP contribution in [0.15, 0.2) is 28.4 Å². The molecule has 0 amide bonds. The Balaban J connectivity index is 2.61. The maximum atomic E-state index is 10.7. The summed E-state index contributed by atoms with van der Waals surface area (Å²) in [6.45, 7) is 1.84. The van der Waals surface area contributed by atoms with E-state index in [1.54, 1.807) is 18.4 Å². The summed E-state index contributed by atoms with van der Waals surface area (Å²) in [6, 6.07) is 3.59. The maximum absolute atomic E-state index is 10.7. The quantitative estimate of drug-likeness (QED) is 0.809. The molecule has 1 atom stereocenters. The van der Waals surface area contributed by atoms with E-state index in [4.69, 9.17) is 14.3 Å². The first-order valence-electron chi connectivity index (χ1n) is 4.59. The Labute approximate surface area is 88.2 Å². The van der Waals surface area contributed by atoms with Gasteiger partial charge in [-0.3, -0.25) is 0 Å². The summed E-state index contributed by atoms with van der Waals surface area (Å²) in [6.07, 6.45) is 2.93. The Kier molecular flexibility index (Phi) is 4.12. The molecular formula is C11H14O4. The van der Waals surface area contributed by atoms with Crippen molar-refractivity contribution in [3.8, 4) is 0 Å². The van der Waals surface area contributed by atoms with Crippen molar-refractivity contribution < 1.29 is 19.1 Å². The molecular weight excluding hydrogens is 196 g/mol. The van der Waals surface area contributed by atoms with Crippen molar-refractivity contribution in [3.05, 3.63) is 29.7 Å². The van der Waals surface area contributed by atoms with E-state index in [1.165, 1.54) is 7.11 Å². The van der Waals surface area contributed by atoms with Crippen LogP contribution >= 0.6 is 0 Å². The van der Waals surface area contributed by atoms with E-state index in [1.807, 2.05) is 13.0 Å². The number of rotatable bonds is 5. The lowest BCUT2D eigenvalue weighted by Gasteiger charge is -2.09. The molecule has 0 saturated heterocycles.